The van der Waals surface area contributed by atoms with Crippen molar-refractivity contribution in [1.29, 1.82) is 0 Å². The Labute approximate surface area is 229 Å². The molecule has 206 valence electrons. The molecule has 4 rings (SSSR count). The second-order valence-electron chi connectivity index (χ2n) is 10.7. The molecule has 2 aromatic rings. The fourth-order valence-corrected chi connectivity index (χ4v) is 6.15. The van der Waals surface area contributed by atoms with E-state index in [1.54, 1.807) is 9.80 Å². The van der Waals surface area contributed by atoms with Crippen molar-refractivity contribution in [3.05, 3.63) is 58.6 Å². The molecule has 0 aliphatic carbocycles. The van der Waals surface area contributed by atoms with Gasteiger partial charge >= 0.3 is 6.03 Å². The van der Waals surface area contributed by atoms with E-state index >= 15 is 0 Å². The molecule has 2 aromatic carbocycles. The van der Waals surface area contributed by atoms with Gasteiger partial charge in [-0.3, -0.25) is 4.79 Å². The summed E-state index contributed by atoms with van der Waals surface area (Å²) in [6, 6.07) is 13.1. The Bertz CT molecular complexity index is 1150. The van der Waals surface area contributed by atoms with Gasteiger partial charge in [-0.2, -0.15) is 0 Å². The average Bonchev–Trinajstić information content (AvgIpc) is 3.23. The predicted molar refractivity (Wildman–Crippen MR) is 149 cm³/mol. The molecule has 2 saturated heterocycles. The summed E-state index contributed by atoms with van der Waals surface area (Å²) in [7, 11) is 0. The molecule has 5 N–H and O–H groups in total. The number of rotatable bonds is 7. The molecule has 0 radical (unpaired) electrons. The third-order valence-corrected chi connectivity index (χ3v) is 8.18. The van der Waals surface area contributed by atoms with Crippen LogP contribution in [0.15, 0.2) is 42.5 Å². The molecule has 8 nitrogen and oxygen atoms in total. The van der Waals surface area contributed by atoms with Crippen molar-refractivity contribution < 1.29 is 19.8 Å². The highest BCUT2D eigenvalue weighted by Crippen LogP contribution is 2.45. The number of nitrogens with two attached hydrogens (primary N) is 1. The van der Waals surface area contributed by atoms with E-state index in [0.29, 0.717) is 44.0 Å². The number of carbonyl (C=O) groups is 2. The largest absolute Gasteiger partial charge is 0.390 e. The van der Waals surface area contributed by atoms with Crippen molar-refractivity contribution in [2.24, 2.45) is 11.7 Å². The van der Waals surface area contributed by atoms with Gasteiger partial charge in [-0.05, 0) is 49.8 Å². The van der Waals surface area contributed by atoms with Gasteiger partial charge < -0.3 is 31.1 Å². The molecule has 3 amide bonds. The topological polar surface area (TPSA) is 119 Å². The zero-order valence-electron chi connectivity index (χ0n) is 22.2. The van der Waals surface area contributed by atoms with Gasteiger partial charge in [0.2, 0.25) is 5.91 Å². The normalized spacial score (nSPS) is 23.3. The van der Waals surface area contributed by atoms with E-state index in [0.717, 1.165) is 35.1 Å². The molecule has 0 spiro atoms. The lowest BCUT2D eigenvalue weighted by atomic mass is 9.72. The van der Waals surface area contributed by atoms with Crippen LogP contribution in [0.4, 0.5) is 4.79 Å². The summed E-state index contributed by atoms with van der Waals surface area (Å²) in [5, 5.41) is 26.0. The third kappa shape index (κ3) is 6.15. The zero-order valence-corrected chi connectivity index (χ0v) is 23.0. The van der Waals surface area contributed by atoms with Crippen molar-refractivity contribution in [3.63, 3.8) is 0 Å². The number of carbonyl (C=O) groups excluding carboxylic acids is 2. The zero-order chi connectivity index (χ0) is 27.4. The second kappa shape index (κ2) is 12.0. The molecule has 38 heavy (non-hydrogen) atoms. The first-order valence-corrected chi connectivity index (χ1v) is 13.8. The van der Waals surface area contributed by atoms with Crippen LogP contribution in [0.1, 0.15) is 43.7 Å². The molecular weight excluding hydrogens is 504 g/mol. The van der Waals surface area contributed by atoms with Crippen LogP contribution in [0.3, 0.4) is 0 Å². The number of aliphatic hydroxyl groups excluding tert-OH is 1. The second-order valence-corrected chi connectivity index (χ2v) is 11.2. The van der Waals surface area contributed by atoms with Gasteiger partial charge in [0.25, 0.3) is 0 Å². The van der Waals surface area contributed by atoms with Crippen LogP contribution < -0.4 is 11.1 Å². The summed E-state index contributed by atoms with van der Waals surface area (Å²) in [4.78, 5) is 28.2. The van der Waals surface area contributed by atoms with Crippen LogP contribution >= 0.6 is 11.6 Å². The number of urea groups is 1. The molecule has 0 aromatic heterocycles. The van der Waals surface area contributed by atoms with Gasteiger partial charge in [0.1, 0.15) is 0 Å². The van der Waals surface area contributed by atoms with E-state index in [1.165, 1.54) is 6.92 Å². The maximum absolute atomic E-state index is 13.4. The first kappa shape index (κ1) is 28.4. The van der Waals surface area contributed by atoms with Crippen LogP contribution in [0, 0.1) is 12.8 Å². The fraction of sp³-hybridized carbons (Fsp3) is 0.517. The SMILES string of the molecule is CC(=O)NCCC[C@@](O)(c1cccc(Cl)c1-c1cccc(C)c1)[C@@H]1CCCN(C(=O)N2C[C@@H](N)[C@@H](O)C2)C1. The number of aryl methyl sites for hydroxylation is 1. The van der Waals surface area contributed by atoms with Crippen LogP contribution in [0.25, 0.3) is 11.1 Å². The number of nitrogens with one attached hydrogen (secondary N) is 1. The lowest BCUT2D eigenvalue weighted by Crippen LogP contribution is -2.52. The standard InChI is InChI=1S/C29H39ClN4O4/c1-19-7-3-8-21(15-19)27-23(10-4-11-24(27)30)29(38,12-6-13-32-20(2)35)22-9-5-14-33(16-22)28(37)34-17-25(31)26(36)18-34/h3-4,7-8,10-11,15,22,25-26,36,38H,5-6,9,12-14,16-18,31H2,1-2H3,(H,32,35)/t22-,25-,26+,29+/m1/s1. The number of amides is 3. The number of hydrogen-bond acceptors (Lipinski definition) is 5. The predicted octanol–water partition coefficient (Wildman–Crippen LogP) is 3.26. The molecule has 2 aliphatic heterocycles. The first-order valence-electron chi connectivity index (χ1n) is 13.4. The highest BCUT2D eigenvalue weighted by Gasteiger charge is 2.44. The van der Waals surface area contributed by atoms with Gasteiger partial charge in [-0.1, -0.05) is 53.6 Å². The fourth-order valence-electron chi connectivity index (χ4n) is 5.87. The molecule has 0 unspecified atom stereocenters. The third-order valence-electron chi connectivity index (χ3n) is 7.87. The summed E-state index contributed by atoms with van der Waals surface area (Å²) < 4.78 is 0. The molecular formula is C29H39ClN4O4. The minimum atomic E-state index is -1.29. The van der Waals surface area contributed by atoms with Gasteiger partial charge in [-0.15, -0.1) is 0 Å². The summed E-state index contributed by atoms with van der Waals surface area (Å²) in [6.45, 7) is 5.42. The van der Waals surface area contributed by atoms with Crippen molar-refractivity contribution in [2.75, 3.05) is 32.7 Å². The van der Waals surface area contributed by atoms with Crippen LogP contribution in [0.2, 0.25) is 5.02 Å². The number of aliphatic hydroxyl groups is 2. The minimum Gasteiger partial charge on any atom is -0.390 e. The van der Waals surface area contributed by atoms with Crippen molar-refractivity contribution >= 4 is 23.5 Å². The molecule has 9 heteroatoms. The lowest BCUT2D eigenvalue weighted by molar-refractivity contribution is -0.119. The lowest BCUT2D eigenvalue weighted by Gasteiger charge is -2.44. The van der Waals surface area contributed by atoms with E-state index in [4.69, 9.17) is 17.3 Å². The Morgan fingerprint density at radius 1 is 1.16 bits per heavy atom. The summed E-state index contributed by atoms with van der Waals surface area (Å²) in [5.74, 6) is -0.363. The summed E-state index contributed by atoms with van der Waals surface area (Å²) in [6.07, 6.45) is 1.71. The Hall–Kier alpha value is -2.65. The van der Waals surface area contributed by atoms with Gasteiger partial charge in [0.05, 0.1) is 11.7 Å². The first-order chi connectivity index (χ1) is 18.1. The van der Waals surface area contributed by atoms with Gasteiger partial charge in [0.15, 0.2) is 0 Å². The summed E-state index contributed by atoms with van der Waals surface area (Å²) in [5.41, 5.74) is 8.19. The quantitative estimate of drug-likeness (QED) is 0.400. The smallest absolute Gasteiger partial charge is 0.320 e. The minimum absolute atomic E-state index is 0.114. The molecule has 4 atom stereocenters. The number of halogens is 1. The summed E-state index contributed by atoms with van der Waals surface area (Å²) >= 11 is 6.78. The number of hydrogen-bond donors (Lipinski definition) is 4. The maximum Gasteiger partial charge on any atom is 0.320 e. The Morgan fingerprint density at radius 2 is 1.92 bits per heavy atom. The number of β-amino-alcohol motifs (C(OH)–C–C–N with tert-alkyl or cyclic N) is 1. The molecule has 2 fully saturated rings. The Morgan fingerprint density at radius 3 is 2.61 bits per heavy atom. The number of nitrogens with zero attached hydrogens (tertiary/aromatic N) is 2. The molecule has 2 aliphatic rings. The molecule has 0 bridgehead atoms. The van der Waals surface area contributed by atoms with Crippen LogP contribution in [-0.2, 0) is 10.4 Å². The van der Waals surface area contributed by atoms with Crippen LogP contribution in [-0.4, -0.2) is 76.8 Å². The van der Waals surface area contributed by atoms with Gasteiger partial charge in [-0.25, -0.2) is 4.79 Å². The maximum atomic E-state index is 13.4. The number of likely N-dealkylation sites (tertiary alicyclic amines) is 2. The van der Waals surface area contributed by atoms with Crippen molar-refractivity contribution in [3.8, 4) is 11.1 Å². The van der Waals surface area contributed by atoms with Crippen molar-refractivity contribution in [2.45, 2.75) is 57.3 Å². The average molecular weight is 543 g/mol. The monoisotopic (exact) mass is 542 g/mol. The molecule has 2 heterocycles. The highest BCUT2D eigenvalue weighted by atomic mass is 35.5. The van der Waals surface area contributed by atoms with E-state index in [9.17, 15) is 19.8 Å². The van der Waals surface area contributed by atoms with E-state index in [-0.39, 0.29) is 24.4 Å². The van der Waals surface area contributed by atoms with E-state index in [1.807, 2.05) is 43.3 Å². The van der Waals surface area contributed by atoms with E-state index < -0.39 is 17.7 Å². The number of benzene rings is 2. The van der Waals surface area contributed by atoms with E-state index in [2.05, 4.69) is 11.4 Å². The Balaban J connectivity index is 1.68. The highest BCUT2D eigenvalue weighted by molar-refractivity contribution is 6.33. The van der Waals surface area contributed by atoms with Gasteiger partial charge in [0, 0.05) is 62.2 Å². The molecule has 0 saturated carbocycles. The van der Waals surface area contributed by atoms with Crippen LogP contribution in [0.5, 0.6) is 0 Å². The number of piperidine rings is 1. The van der Waals surface area contributed by atoms with Crippen molar-refractivity contribution in [1.82, 2.24) is 15.1 Å². The Kier molecular flexibility index (Phi) is 8.98.